The molecule has 27 heavy (non-hydrogen) atoms. The Labute approximate surface area is 165 Å². The van der Waals surface area contributed by atoms with Crippen molar-refractivity contribution in [2.45, 2.75) is 46.0 Å². The lowest BCUT2D eigenvalue weighted by Crippen LogP contribution is -2.40. The fourth-order valence-electron chi connectivity index (χ4n) is 5.35. The second kappa shape index (κ2) is 8.48. The first-order chi connectivity index (χ1) is 12.8. The Morgan fingerprint density at radius 2 is 1.78 bits per heavy atom. The SMILES string of the molecule is CC1CC(C)(C)C[C@@H](CN(C)CCc2ccccc2)C1c1cccc(O)c1. The van der Waals surface area contributed by atoms with Gasteiger partial charge in [-0.2, -0.15) is 0 Å². The van der Waals surface area contributed by atoms with E-state index in [1.54, 1.807) is 6.07 Å². The van der Waals surface area contributed by atoms with Crippen LogP contribution in [0.5, 0.6) is 5.75 Å². The van der Waals surface area contributed by atoms with E-state index in [9.17, 15) is 5.11 Å². The number of phenolic OH excluding ortho intramolecular Hbond substituents is 1. The van der Waals surface area contributed by atoms with Crippen LogP contribution in [0.3, 0.4) is 0 Å². The minimum absolute atomic E-state index is 0.387. The highest BCUT2D eigenvalue weighted by Gasteiger charge is 2.40. The number of likely N-dealkylation sites (N-methyl/N-ethyl adjacent to an activating group) is 1. The number of aromatic hydroxyl groups is 1. The molecular weight excluding hydrogens is 330 g/mol. The summed E-state index contributed by atoms with van der Waals surface area (Å²) in [5, 5.41) is 10.0. The van der Waals surface area contributed by atoms with Gasteiger partial charge in [0.25, 0.3) is 0 Å². The van der Waals surface area contributed by atoms with Crippen LogP contribution in [-0.4, -0.2) is 30.1 Å². The van der Waals surface area contributed by atoms with Crippen LogP contribution in [0.1, 0.15) is 50.7 Å². The van der Waals surface area contributed by atoms with E-state index in [0.717, 1.165) is 19.5 Å². The minimum atomic E-state index is 0.387. The molecule has 0 aliphatic heterocycles. The average Bonchev–Trinajstić information content (AvgIpc) is 2.59. The topological polar surface area (TPSA) is 23.5 Å². The second-order valence-corrected chi connectivity index (χ2v) is 9.43. The first-order valence-electron chi connectivity index (χ1n) is 10.4. The van der Waals surface area contributed by atoms with E-state index in [2.05, 4.69) is 69.1 Å². The third-order valence-electron chi connectivity index (χ3n) is 6.24. The maximum atomic E-state index is 10.0. The van der Waals surface area contributed by atoms with Crippen molar-refractivity contribution in [2.75, 3.05) is 20.1 Å². The summed E-state index contributed by atoms with van der Waals surface area (Å²) in [6, 6.07) is 18.7. The largest absolute Gasteiger partial charge is 0.508 e. The van der Waals surface area contributed by atoms with Crippen molar-refractivity contribution in [1.82, 2.24) is 4.90 Å². The molecule has 0 radical (unpaired) electrons. The number of phenols is 1. The molecule has 2 heteroatoms. The lowest BCUT2D eigenvalue weighted by molar-refractivity contribution is 0.0827. The lowest BCUT2D eigenvalue weighted by atomic mass is 9.60. The third kappa shape index (κ3) is 5.35. The zero-order valence-electron chi connectivity index (χ0n) is 17.4. The van der Waals surface area contributed by atoms with E-state index in [-0.39, 0.29) is 0 Å². The molecule has 2 unspecified atom stereocenters. The Morgan fingerprint density at radius 1 is 1.04 bits per heavy atom. The van der Waals surface area contributed by atoms with Gasteiger partial charge in [0.2, 0.25) is 0 Å². The molecule has 146 valence electrons. The molecule has 0 bridgehead atoms. The number of rotatable bonds is 6. The average molecular weight is 366 g/mol. The molecule has 3 atom stereocenters. The summed E-state index contributed by atoms with van der Waals surface area (Å²) in [5.41, 5.74) is 3.10. The molecular formula is C25H35NO. The van der Waals surface area contributed by atoms with E-state index < -0.39 is 0 Å². The predicted octanol–water partition coefficient (Wildman–Crippen LogP) is 5.72. The second-order valence-electron chi connectivity index (χ2n) is 9.43. The van der Waals surface area contributed by atoms with Crippen LogP contribution in [0.2, 0.25) is 0 Å². The number of hydrogen-bond acceptors (Lipinski definition) is 2. The molecule has 2 aromatic rings. The van der Waals surface area contributed by atoms with E-state index in [1.807, 2.05) is 12.1 Å². The van der Waals surface area contributed by atoms with Gasteiger partial charge in [0.05, 0.1) is 0 Å². The Bertz CT molecular complexity index is 724. The molecule has 1 saturated carbocycles. The molecule has 3 rings (SSSR count). The van der Waals surface area contributed by atoms with Gasteiger partial charge in [-0.25, -0.2) is 0 Å². The van der Waals surface area contributed by atoms with Crippen molar-refractivity contribution < 1.29 is 5.11 Å². The van der Waals surface area contributed by atoms with Crippen LogP contribution in [0.15, 0.2) is 54.6 Å². The molecule has 2 aromatic carbocycles. The number of nitrogens with zero attached hydrogens (tertiary/aromatic N) is 1. The van der Waals surface area contributed by atoms with Crippen molar-refractivity contribution in [3.05, 3.63) is 65.7 Å². The lowest BCUT2D eigenvalue weighted by Gasteiger charge is -2.46. The molecule has 0 spiro atoms. The van der Waals surface area contributed by atoms with Crippen molar-refractivity contribution in [3.63, 3.8) is 0 Å². The minimum Gasteiger partial charge on any atom is -0.508 e. The Morgan fingerprint density at radius 3 is 2.48 bits per heavy atom. The zero-order chi connectivity index (χ0) is 19.4. The van der Waals surface area contributed by atoms with Crippen molar-refractivity contribution in [3.8, 4) is 5.75 Å². The van der Waals surface area contributed by atoms with Crippen LogP contribution >= 0.6 is 0 Å². The third-order valence-corrected chi connectivity index (χ3v) is 6.24. The molecule has 1 aliphatic carbocycles. The molecule has 1 N–H and O–H groups in total. The van der Waals surface area contributed by atoms with Gasteiger partial charge < -0.3 is 10.0 Å². The highest BCUT2D eigenvalue weighted by Crippen LogP contribution is 2.50. The summed E-state index contributed by atoms with van der Waals surface area (Å²) in [6.07, 6.45) is 3.59. The summed E-state index contributed by atoms with van der Waals surface area (Å²) < 4.78 is 0. The molecule has 0 amide bonds. The maximum Gasteiger partial charge on any atom is 0.115 e. The molecule has 0 aromatic heterocycles. The van der Waals surface area contributed by atoms with Gasteiger partial charge in [-0.3, -0.25) is 0 Å². The van der Waals surface area contributed by atoms with Crippen molar-refractivity contribution in [2.24, 2.45) is 17.3 Å². The first kappa shape index (κ1) is 19.9. The molecule has 0 saturated heterocycles. The fourth-order valence-corrected chi connectivity index (χ4v) is 5.35. The van der Waals surface area contributed by atoms with Crippen molar-refractivity contribution in [1.29, 1.82) is 0 Å². The van der Waals surface area contributed by atoms with Gasteiger partial charge in [0.15, 0.2) is 0 Å². The van der Waals surface area contributed by atoms with E-state index in [1.165, 1.54) is 24.0 Å². The summed E-state index contributed by atoms with van der Waals surface area (Å²) in [5.74, 6) is 2.15. The Balaban J connectivity index is 1.72. The normalized spacial score (nSPS) is 24.9. The van der Waals surface area contributed by atoms with E-state index in [4.69, 9.17) is 0 Å². The van der Waals surface area contributed by atoms with Crippen LogP contribution in [0.4, 0.5) is 0 Å². The van der Waals surface area contributed by atoms with E-state index in [0.29, 0.717) is 28.9 Å². The molecule has 1 aliphatic rings. The maximum absolute atomic E-state index is 10.0. The number of hydrogen-bond donors (Lipinski definition) is 1. The standard InChI is InChI=1S/C25H35NO/c1-19-16-25(2,3)17-22(24(19)21-11-8-12-23(27)15-21)18-26(4)14-13-20-9-6-5-7-10-20/h5-12,15,19,22,24,27H,13-14,16-18H2,1-4H3/t19?,22-,24?/m0/s1. The van der Waals surface area contributed by atoms with Gasteiger partial charge in [-0.1, -0.05) is 63.2 Å². The van der Waals surface area contributed by atoms with Crippen molar-refractivity contribution >= 4 is 0 Å². The summed E-state index contributed by atoms with van der Waals surface area (Å²) in [4.78, 5) is 2.50. The Kier molecular flexibility index (Phi) is 6.26. The van der Waals surface area contributed by atoms with Crippen LogP contribution in [0.25, 0.3) is 0 Å². The van der Waals surface area contributed by atoms with Gasteiger partial charge in [0.1, 0.15) is 5.75 Å². The number of benzene rings is 2. The van der Waals surface area contributed by atoms with E-state index >= 15 is 0 Å². The molecule has 2 nitrogen and oxygen atoms in total. The quantitative estimate of drug-likeness (QED) is 0.707. The monoisotopic (exact) mass is 365 g/mol. The van der Waals surface area contributed by atoms with Gasteiger partial charge >= 0.3 is 0 Å². The summed E-state index contributed by atoms with van der Waals surface area (Å²) in [7, 11) is 2.26. The summed E-state index contributed by atoms with van der Waals surface area (Å²) in [6.45, 7) is 9.42. The zero-order valence-corrected chi connectivity index (χ0v) is 17.4. The van der Waals surface area contributed by atoms with Crippen LogP contribution in [0, 0.1) is 17.3 Å². The highest BCUT2D eigenvalue weighted by atomic mass is 16.3. The van der Waals surface area contributed by atoms with Gasteiger partial charge in [0, 0.05) is 13.1 Å². The summed E-state index contributed by atoms with van der Waals surface area (Å²) >= 11 is 0. The highest BCUT2D eigenvalue weighted by molar-refractivity contribution is 5.31. The first-order valence-corrected chi connectivity index (χ1v) is 10.4. The van der Waals surface area contributed by atoms with Gasteiger partial charge in [-0.05, 0) is 72.7 Å². The smallest absolute Gasteiger partial charge is 0.115 e. The molecule has 1 fully saturated rings. The fraction of sp³-hybridized carbons (Fsp3) is 0.520. The van der Waals surface area contributed by atoms with Gasteiger partial charge in [-0.15, -0.1) is 0 Å². The van der Waals surface area contributed by atoms with Crippen LogP contribution in [-0.2, 0) is 6.42 Å². The molecule has 0 heterocycles. The van der Waals surface area contributed by atoms with Crippen LogP contribution < -0.4 is 0 Å². The predicted molar refractivity (Wildman–Crippen MR) is 114 cm³/mol. The Hall–Kier alpha value is -1.80.